The molecule has 2 heterocycles. The Bertz CT molecular complexity index is 945. The zero-order valence-electron chi connectivity index (χ0n) is 14.5. The van der Waals surface area contributed by atoms with Gasteiger partial charge in [-0.2, -0.15) is 0 Å². The molecule has 1 N–H and O–H groups in total. The Morgan fingerprint density at radius 3 is 2.84 bits per heavy atom. The van der Waals surface area contributed by atoms with Crippen molar-refractivity contribution in [1.29, 1.82) is 0 Å². The van der Waals surface area contributed by atoms with Crippen molar-refractivity contribution in [3.63, 3.8) is 0 Å². The summed E-state index contributed by atoms with van der Waals surface area (Å²) in [4.78, 5) is 16.8. The minimum atomic E-state index is -0.139. The molecule has 1 atom stereocenters. The number of carbonyl (C=O) groups excluding carboxylic acids is 1. The summed E-state index contributed by atoms with van der Waals surface area (Å²) in [6.07, 6.45) is 6.36. The lowest BCUT2D eigenvalue weighted by molar-refractivity contribution is 0.0939. The van der Waals surface area contributed by atoms with E-state index in [9.17, 15) is 4.79 Å². The van der Waals surface area contributed by atoms with Crippen LogP contribution in [0, 0.1) is 6.92 Å². The largest absolute Gasteiger partial charge is 0.345 e. The van der Waals surface area contributed by atoms with Crippen molar-refractivity contribution in [2.24, 2.45) is 0 Å². The van der Waals surface area contributed by atoms with Gasteiger partial charge >= 0.3 is 0 Å². The monoisotopic (exact) mass is 335 g/mol. The van der Waals surface area contributed by atoms with Gasteiger partial charge in [-0.15, -0.1) is 0 Å². The molecule has 4 rings (SSSR count). The molecule has 0 fully saturated rings. The lowest BCUT2D eigenvalue weighted by Gasteiger charge is -2.20. The van der Waals surface area contributed by atoms with E-state index < -0.39 is 0 Å². The Kier molecular flexibility index (Phi) is 3.99. The van der Waals surface area contributed by atoms with Crippen LogP contribution in [0.2, 0.25) is 0 Å². The van der Waals surface area contributed by atoms with Gasteiger partial charge in [0.15, 0.2) is 0 Å². The molecule has 5 nitrogen and oxygen atoms in total. The number of benzene rings is 1. The van der Waals surface area contributed by atoms with Gasteiger partial charge in [-0.05, 0) is 62.3 Å². The summed E-state index contributed by atoms with van der Waals surface area (Å²) in [7, 11) is 0. The molecule has 0 bridgehead atoms. The fourth-order valence-electron chi connectivity index (χ4n) is 3.46. The molecule has 0 saturated heterocycles. The van der Waals surface area contributed by atoms with Crippen LogP contribution < -0.4 is 5.32 Å². The minimum absolute atomic E-state index is 0.0565. The highest BCUT2D eigenvalue weighted by molar-refractivity contribution is 5.97. The molecule has 1 aliphatic rings. The van der Waals surface area contributed by atoms with Crippen molar-refractivity contribution >= 4 is 17.0 Å². The number of aromatic nitrogens is 2. The first-order valence-electron chi connectivity index (χ1n) is 8.76. The lowest BCUT2D eigenvalue weighted by Crippen LogP contribution is -2.27. The van der Waals surface area contributed by atoms with E-state index in [1.165, 1.54) is 36.6 Å². The molecule has 1 aliphatic carbocycles. The molecule has 2 aromatic heterocycles. The zero-order chi connectivity index (χ0) is 17.4. The van der Waals surface area contributed by atoms with Crippen molar-refractivity contribution in [2.75, 3.05) is 0 Å². The summed E-state index contributed by atoms with van der Waals surface area (Å²) in [6.45, 7) is 3.85. The first-order valence-corrected chi connectivity index (χ1v) is 8.76. The number of rotatable bonds is 3. The van der Waals surface area contributed by atoms with Gasteiger partial charge in [0.25, 0.3) is 11.6 Å². The molecule has 0 radical (unpaired) electrons. The molecule has 1 aromatic carbocycles. The molecular weight excluding hydrogens is 314 g/mol. The number of pyridine rings is 1. The van der Waals surface area contributed by atoms with Gasteiger partial charge in [-0.1, -0.05) is 23.4 Å². The molecule has 3 aromatic rings. The van der Waals surface area contributed by atoms with E-state index in [1.54, 1.807) is 6.07 Å². The van der Waals surface area contributed by atoms with Gasteiger partial charge in [0, 0.05) is 6.20 Å². The Labute approximate surface area is 146 Å². The van der Waals surface area contributed by atoms with Gasteiger partial charge < -0.3 is 9.84 Å². The van der Waals surface area contributed by atoms with E-state index in [0.29, 0.717) is 11.3 Å². The van der Waals surface area contributed by atoms with Crippen LogP contribution in [0.4, 0.5) is 0 Å². The third-order valence-corrected chi connectivity index (χ3v) is 4.99. The molecular formula is C20H21N3O2. The maximum atomic E-state index is 12.6. The number of nitrogens with zero attached hydrogens (tertiary/aromatic N) is 2. The highest BCUT2D eigenvalue weighted by atomic mass is 16.5. The van der Waals surface area contributed by atoms with Crippen LogP contribution in [0.3, 0.4) is 0 Å². The number of hydrogen-bond donors (Lipinski definition) is 1. The Balaban J connectivity index is 1.54. The second kappa shape index (κ2) is 6.31. The van der Waals surface area contributed by atoms with Crippen molar-refractivity contribution in [2.45, 2.75) is 45.6 Å². The van der Waals surface area contributed by atoms with Crippen LogP contribution in [0.1, 0.15) is 58.5 Å². The predicted molar refractivity (Wildman–Crippen MR) is 95.5 cm³/mol. The number of amides is 1. The smallest absolute Gasteiger partial charge is 0.257 e. The minimum Gasteiger partial charge on any atom is -0.345 e. The number of aryl methyl sites for hydroxylation is 3. The van der Waals surface area contributed by atoms with E-state index >= 15 is 0 Å². The zero-order valence-corrected chi connectivity index (χ0v) is 14.5. The van der Waals surface area contributed by atoms with Gasteiger partial charge in [0.2, 0.25) is 0 Å². The standard InChI is InChI=1S/C20H21N3O2/c1-12(15-8-7-14-5-3-4-6-16(14)9-15)22-19(24)17-10-18-13(2)23-25-20(18)21-11-17/h7-12H,3-6H2,1-2H3,(H,22,24). The Hall–Kier alpha value is -2.69. The molecule has 0 aliphatic heterocycles. The fourth-order valence-corrected chi connectivity index (χ4v) is 3.46. The predicted octanol–water partition coefficient (Wildman–Crippen LogP) is 3.90. The van der Waals surface area contributed by atoms with Crippen LogP contribution in [-0.4, -0.2) is 16.0 Å². The maximum Gasteiger partial charge on any atom is 0.257 e. The van der Waals surface area contributed by atoms with Gasteiger partial charge in [-0.3, -0.25) is 4.79 Å². The van der Waals surface area contributed by atoms with Crippen molar-refractivity contribution in [1.82, 2.24) is 15.5 Å². The van der Waals surface area contributed by atoms with Crippen molar-refractivity contribution in [3.8, 4) is 0 Å². The number of nitrogens with one attached hydrogen (secondary N) is 1. The maximum absolute atomic E-state index is 12.6. The third-order valence-electron chi connectivity index (χ3n) is 4.99. The summed E-state index contributed by atoms with van der Waals surface area (Å²) in [5.74, 6) is -0.139. The average molecular weight is 335 g/mol. The number of fused-ring (bicyclic) bond motifs is 2. The highest BCUT2D eigenvalue weighted by Crippen LogP contribution is 2.25. The van der Waals surface area contributed by atoms with Crippen molar-refractivity contribution < 1.29 is 9.32 Å². The first kappa shape index (κ1) is 15.8. The first-order chi connectivity index (χ1) is 12.1. The van der Waals surface area contributed by atoms with Crippen LogP contribution >= 0.6 is 0 Å². The van der Waals surface area contributed by atoms with Gasteiger partial charge in [-0.25, -0.2) is 4.98 Å². The molecule has 5 heteroatoms. The van der Waals surface area contributed by atoms with E-state index in [0.717, 1.165) is 23.1 Å². The second-order valence-electron chi connectivity index (χ2n) is 6.78. The summed E-state index contributed by atoms with van der Waals surface area (Å²) in [5, 5.41) is 7.71. The van der Waals surface area contributed by atoms with E-state index in [4.69, 9.17) is 4.52 Å². The van der Waals surface area contributed by atoms with E-state index in [2.05, 4.69) is 33.7 Å². The number of carbonyl (C=O) groups is 1. The fraction of sp³-hybridized carbons (Fsp3) is 0.350. The average Bonchev–Trinajstić information content (AvgIpc) is 3.01. The Morgan fingerprint density at radius 2 is 2.00 bits per heavy atom. The summed E-state index contributed by atoms with van der Waals surface area (Å²) < 4.78 is 5.09. The summed E-state index contributed by atoms with van der Waals surface area (Å²) in [6, 6.07) is 8.30. The van der Waals surface area contributed by atoms with Crippen molar-refractivity contribution in [3.05, 3.63) is 58.4 Å². The van der Waals surface area contributed by atoms with Gasteiger partial charge in [0.05, 0.1) is 22.7 Å². The van der Waals surface area contributed by atoms with Gasteiger partial charge in [0.1, 0.15) is 0 Å². The highest BCUT2D eigenvalue weighted by Gasteiger charge is 2.16. The molecule has 0 saturated carbocycles. The van der Waals surface area contributed by atoms with E-state index in [1.807, 2.05) is 13.8 Å². The van der Waals surface area contributed by atoms with Crippen LogP contribution in [-0.2, 0) is 12.8 Å². The molecule has 0 spiro atoms. The molecule has 25 heavy (non-hydrogen) atoms. The lowest BCUT2D eigenvalue weighted by atomic mass is 9.89. The Morgan fingerprint density at radius 1 is 1.20 bits per heavy atom. The summed E-state index contributed by atoms with van der Waals surface area (Å²) in [5.41, 5.74) is 5.73. The quantitative estimate of drug-likeness (QED) is 0.788. The molecule has 1 amide bonds. The summed E-state index contributed by atoms with van der Waals surface area (Å²) >= 11 is 0. The second-order valence-corrected chi connectivity index (χ2v) is 6.78. The van der Waals surface area contributed by atoms with Crippen LogP contribution in [0.5, 0.6) is 0 Å². The SMILES string of the molecule is Cc1noc2ncc(C(=O)NC(C)c3ccc4c(c3)CCCC4)cc12. The topological polar surface area (TPSA) is 68.0 Å². The third kappa shape index (κ3) is 3.02. The van der Waals surface area contributed by atoms with Crippen LogP contribution in [0.25, 0.3) is 11.1 Å². The van der Waals surface area contributed by atoms with Crippen LogP contribution in [0.15, 0.2) is 35.0 Å². The number of hydrogen-bond acceptors (Lipinski definition) is 4. The van der Waals surface area contributed by atoms with E-state index in [-0.39, 0.29) is 11.9 Å². The molecule has 1 unspecified atom stereocenters. The normalized spacial score (nSPS) is 15.0. The molecule has 128 valence electrons.